The Morgan fingerprint density at radius 3 is 2.65 bits per heavy atom. The average molecular weight is 355 g/mol. The van der Waals surface area contributed by atoms with Crippen molar-refractivity contribution >= 4 is 10.8 Å². The molecule has 0 aliphatic carbocycles. The van der Waals surface area contributed by atoms with Crippen molar-refractivity contribution in [2.45, 2.75) is 12.7 Å². The second-order valence-electron chi connectivity index (χ2n) is 5.74. The van der Waals surface area contributed by atoms with E-state index in [2.05, 4.69) is 20.3 Å². The van der Waals surface area contributed by atoms with E-state index in [0.717, 1.165) is 28.6 Å². The van der Waals surface area contributed by atoms with Gasteiger partial charge in [-0.25, -0.2) is 4.68 Å². The average Bonchev–Trinajstić information content (AvgIpc) is 3.09. The van der Waals surface area contributed by atoms with E-state index in [1.54, 1.807) is 23.3 Å². The van der Waals surface area contributed by atoms with Crippen molar-refractivity contribution < 1.29 is 13.2 Å². The van der Waals surface area contributed by atoms with Crippen molar-refractivity contribution in [2.75, 3.05) is 0 Å². The Hall–Kier alpha value is -3.29. The van der Waals surface area contributed by atoms with Gasteiger partial charge in [-0.2, -0.15) is 13.2 Å². The van der Waals surface area contributed by atoms with Crippen LogP contribution in [0, 0.1) is 0 Å². The molecule has 130 valence electrons. The number of fused-ring (bicyclic) bond motifs is 1. The smallest absolute Gasteiger partial charge is 0.264 e. The van der Waals surface area contributed by atoms with Crippen LogP contribution in [0.15, 0.2) is 61.2 Å². The first kappa shape index (κ1) is 16.2. The lowest BCUT2D eigenvalue weighted by atomic mass is 10.0. The maximum atomic E-state index is 12.6. The molecular weight excluding hydrogens is 343 g/mol. The first-order valence-electron chi connectivity index (χ1n) is 7.76. The highest BCUT2D eigenvalue weighted by molar-refractivity contribution is 5.94. The van der Waals surface area contributed by atoms with Crippen LogP contribution in [0.5, 0.6) is 0 Å². The van der Waals surface area contributed by atoms with Crippen molar-refractivity contribution in [3.8, 4) is 11.3 Å². The topological polar surface area (TPSA) is 56.5 Å². The van der Waals surface area contributed by atoms with Crippen molar-refractivity contribution in [1.82, 2.24) is 25.0 Å². The van der Waals surface area contributed by atoms with E-state index in [4.69, 9.17) is 0 Å². The third-order valence-corrected chi connectivity index (χ3v) is 3.97. The molecule has 3 heterocycles. The van der Waals surface area contributed by atoms with Crippen LogP contribution in [-0.2, 0) is 12.7 Å². The van der Waals surface area contributed by atoms with Gasteiger partial charge in [0, 0.05) is 29.5 Å². The van der Waals surface area contributed by atoms with Gasteiger partial charge in [0.15, 0.2) is 0 Å². The zero-order valence-corrected chi connectivity index (χ0v) is 13.4. The Balaban J connectivity index is 1.60. The van der Waals surface area contributed by atoms with Gasteiger partial charge in [-0.1, -0.05) is 23.4 Å². The third-order valence-electron chi connectivity index (χ3n) is 3.97. The first-order valence-corrected chi connectivity index (χ1v) is 7.76. The van der Waals surface area contributed by atoms with Crippen LogP contribution in [0.2, 0.25) is 0 Å². The molecule has 0 unspecified atom stereocenters. The second kappa shape index (κ2) is 6.21. The summed E-state index contributed by atoms with van der Waals surface area (Å²) in [6, 6.07) is 10.1. The summed E-state index contributed by atoms with van der Waals surface area (Å²) < 4.78 is 39.3. The van der Waals surface area contributed by atoms with Gasteiger partial charge < -0.3 is 0 Å². The molecule has 0 N–H and O–H groups in total. The van der Waals surface area contributed by atoms with Gasteiger partial charge in [0.2, 0.25) is 0 Å². The van der Waals surface area contributed by atoms with Gasteiger partial charge in [0.25, 0.3) is 0 Å². The zero-order valence-electron chi connectivity index (χ0n) is 13.4. The molecule has 0 radical (unpaired) electrons. The molecular formula is C18H12F3N5. The van der Waals surface area contributed by atoms with Crippen LogP contribution in [0.1, 0.15) is 11.3 Å². The van der Waals surface area contributed by atoms with Gasteiger partial charge in [0.1, 0.15) is 5.69 Å². The lowest BCUT2D eigenvalue weighted by Gasteiger charge is -2.06. The van der Waals surface area contributed by atoms with E-state index in [9.17, 15) is 13.2 Å². The van der Waals surface area contributed by atoms with Crippen LogP contribution < -0.4 is 0 Å². The minimum absolute atomic E-state index is 0.234. The maximum Gasteiger partial charge on any atom is 0.417 e. The summed E-state index contributed by atoms with van der Waals surface area (Å²) in [7, 11) is 0. The number of alkyl halides is 3. The van der Waals surface area contributed by atoms with Crippen molar-refractivity contribution in [2.24, 2.45) is 0 Å². The Morgan fingerprint density at radius 2 is 1.88 bits per heavy atom. The fourth-order valence-corrected chi connectivity index (χ4v) is 2.70. The summed E-state index contributed by atoms with van der Waals surface area (Å²) in [5, 5.41) is 10.2. The predicted molar refractivity (Wildman–Crippen MR) is 89.1 cm³/mol. The summed E-state index contributed by atoms with van der Waals surface area (Å²) in [4.78, 5) is 7.96. The molecule has 0 spiro atoms. The molecule has 0 bridgehead atoms. The van der Waals surface area contributed by atoms with Gasteiger partial charge in [-0.05, 0) is 23.6 Å². The Morgan fingerprint density at radius 1 is 1.00 bits per heavy atom. The highest BCUT2D eigenvalue weighted by Crippen LogP contribution is 2.29. The molecule has 0 amide bonds. The van der Waals surface area contributed by atoms with E-state index in [-0.39, 0.29) is 6.54 Å². The number of benzene rings is 1. The minimum atomic E-state index is -4.39. The van der Waals surface area contributed by atoms with Crippen LogP contribution in [-0.4, -0.2) is 25.0 Å². The number of rotatable bonds is 3. The lowest BCUT2D eigenvalue weighted by molar-refractivity contribution is -0.137. The first-order chi connectivity index (χ1) is 12.5. The molecule has 0 fully saturated rings. The lowest BCUT2D eigenvalue weighted by Crippen LogP contribution is -2.07. The van der Waals surface area contributed by atoms with Crippen molar-refractivity contribution in [3.63, 3.8) is 0 Å². The van der Waals surface area contributed by atoms with E-state index >= 15 is 0 Å². The minimum Gasteiger partial charge on any atom is -0.264 e. The van der Waals surface area contributed by atoms with Crippen LogP contribution >= 0.6 is 0 Å². The third kappa shape index (κ3) is 3.13. The molecule has 3 aromatic heterocycles. The van der Waals surface area contributed by atoms with E-state index < -0.39 is 11.7 Å². The molecule has 0 saturated carbocycles. The van der Waals surface area contributed by atoms with Crippen LogP contribution in [0.3, 0.4) is 0 Å². The Kier molecular flexibility index (Phi) is 3.87. The Bertz CT molecular complexity index is 1050. The largest absolute Gasteiger partial charge is 0.417 e. The fraction of sp³-hybridized carbons (Fsp3) is 0.111. The summed E-state index contributed by atoms with van der Waals surface area (Å²) in [5.74, 6) is 0. The van der Waals surface area contributed by atoms with E-state index in [1.807, 2.05) is 24.3 Å². The van der Waals surface area contributed by atoms with Crippen molar-refractivity contribution in [1.29, 1.82) is 0 Å². The van der Waals surface area contributed by atoms with Gasteiger partial charge >= 0.3 is 6.18 Å². The number of hydrogen-bond acceptors (Lipinski definition) is 4. The Labute approximate surface area is 146 Å². The highest BCUT2D eigenvalue weighted by atomic mass is 19.4. The van der Waals surface area contributed by atoms with E-state index in [1.165, 1.54) is 6.07 Å². The van der Waals surface area contributed by atoms with Gasteiger partial charge in [0.05, 0.1) is 24.0 Å². The van der Waals surface area contributed by atoms with Gasteiger partial charge in [-0.15, -0.1) is 5.10 Å². The zero-order chi connectivity index (χ0) is 18.1. The number of aromatic nitrogens is 5. The molecule has 4 rings (SSSR count). The fourth-order valence-electron chi connectivity index (χ4n) is 2.70. The molecule has 4 aromatic rings. The standard InChI is InChI=1S/C18H12F3N5/c19-18(20,21)13-4-5-14(23-9-13)10-26-11-17(24-25-26)16-3-1-2-12-8-22-7-6-15(12)16/h1-9,11H,10H2. The molecule has 5 nitrogen and oxygen atoms in total. The maximum absolute atomic E-state index is 12.6. The molecule has 1 aromatic carbocycles. The highest BCUT2D eigenvalue weighted by Gasteiger charge is 2.30. The summed E-state index contributed by atoms with van der Waals surface area (Å²) in [6.07, 6.45) is 1.66. The summed E-state index contributed by atoms with van der Waals surface area (Å²) in [5.41, 5.74) is 1.28. The summed E-state index contributed by atoms with van der Waals surface area (Å²) in [6.45, 7) is 0.234. The number of pyridine rings is 2. The monoisotopic (exact) mass is 355 g/mol. The quantitative estimate of drug-likeness (QED) is 0.558. The van der Waals surface area contributed by atoms with Crippen LogP contribution in [0.25, 0.3) is 22.0 Å². The molecule has 0 aliphatic rings. The number of halogens is 3. The molecule has 0 aliphatic heterocycles. The van der Waals surface area contributed by atoms with Crippen LogP contribution in [0.4, 0.5) is 13.2 Å². The summed E-state index contributed by atoms with van der Waals surface area (Å²) >= 11 is 0. The second-order valence-corrected chi connectivity index (χ2v) is 5.74. The number of nitrogens with zero attached hydrogens (tertiary/aromatic N) is 5. The van der Waals surface area contributed by atoms with Crippen molar-refractivity contribution in [3.05, 3.63) is 72.4 Å². The predicted octanol–water partition coefficient (Wildman–Crippen LogP) is 3.96. The molecule has 26 heavy (non-hydrogen) atoms. The van der Waals surface area contributed by atoms with Gasteiger partial charge in [-0.3, -0.25) is 9.97 Å². The van der Waals surface area contributed by atoms with E-state index in [0.29, 0.717) is 11.4 Å². The molecule has 0 atom stereocenters. The molecule has 0 saturated heterocycles. The number of hydrogen-bond donors (Lipinski definition) is 0. The molecule has 8 heteroatoms. The SMILES string of the molecule is FC(F)(F)c1ccc(Cn2cc(-c3cccc4cnccc34)nn2)nc1. The normalized spacial score (nSPS) is 11.8.